The predicted molar refractivity (Wildman–Crippen MR) is 115 cm³/mol. The summed E-state index contributed by atoms with van der Waals surface area (Å²) < 4.78 is 45.0. The Morgan fingerprint density at radius 3 is 2.39 bits per heavy atom. The maximum Gasteiger partial charge on any atom is 0.420 e. The molecule has 0 bridgehead atoms. The van der Waals surface area contributed by atoms with Crippen molar-refractivity contribution in [3.63, 3.8) is 0 Å². The van der Waals surface area contributed by atoms with Crippen LogP contribution in [0.15, 0.2) is 54.6 Å². The molecule has 2 N–H and O–H groups in total. The molecule has 4 rings (SSSR count). The van der Waals surface area contributed by atoms with Crippen LogP contribution in [0.5, 0.6) is 5.75 Å². The van der Waals surface area contributed by atoms with Gasteiger partial charge in [0, 0.05) is 23.4 Å². The Labute approximate surface area is 178 Å². The van der Waals surface area contributed by atoms with E-state index < -0.39 is 11.7 Å². The van der Waals surface area contributed by atoms with Gasteiger partial charge in [-0.25, -0.2) is 4.98 Å². The number of nitrogens with one attached hydrogen (secondary N) is 2. The van der Waals surface area contributed by atoms with Crippen LogP contribution in [0.25, 0.3) is 11.3 Å². The lowest BCUT2D eigenvalue weighted by Crippen LogP contribution is -2.17. The summed E-state index contributed by atoms with van der Waals surface area (Å²) >= 11 is 0. The molecule has 0 saturated heterocycles. The molecule has 8 heteroatoms. The van der Waals surface area contributed by atoms with Crippen molar-refractivity contribution >= 4 is 17.5 Å². The Morgan fingerprint density at radius 1 is 0.968 bits per heavy atom. The average Bonchev–Trinajstić information content (AvgIpc) is 3.26. The second-order valence-corrected chi connectivity index (χ2v) is 7.49. The molecule has 0 radical (unpaired) electrons. The topological polar surface area (TPSA) is 59.1 Å². The smallest absolute Gasteiger partial charge is 0.420 e. The van der Waals surface area contributed by atoms with E-state index in [1.165, 1.54) is 19.2 Å². The third kappa shape index (κ3) is 5.07. The number of benzene rings is 2. The summed E-state index contributed by atoms with van der Waals surface area (Å²) in [7, 11) is 1.22. The third-order valence-corrected chi connectivity index (χ3v) is 5.26. The first kappa shape index (κ1) is 21.0. The molecule has 0 amide bonds. The van der Waals surface area contributed by atoms with Gasteiger partial charge < -0.3 is 15.4 Å². The number of halogens is 3. The molecule has 2 aromatic carbocycles. The van der Waals surface area contributed by atoms with E-state index in [4.69, 9.17) is 4.74 Å². The van der Waals surface area contributed by atoms with Gasteiger partial charge in [-0.05, 0) is 31.0 Å². The third-order valence-electron chi connectivity index (χ3n) is 5.26. The van der Waals surface area contributed by atoms with Gasteiger partial charge in [-0.15, -0.1) is 0 Å². The summed E-state index contributed by atoms with van der Waals surface area (Å²) in [5, 5.41) is 6.37. The van der Waals surface area contributed by atoms with Crippen molar-refractivity contribution in [1.29, 1.82) is 0 Å². The second kappa shape index (κ2) is 8.83. The van der Waals surface area contributed by atoms with E-state index in [9.17, 15) is 13.2 Å². The number of alkyl halides is 3. The molecule has 0 atom stereocenters. The fourth-order valence-electron chi connectivity index (χ4n) is 3.74. The van der Waals surface area contributed by atoms with Gasteiger partial charge >= 0.3 is 6.18 Å². The van der Waals surface area contributed by atoms with Crippen LogP contribution in [0.1, 0.15) is 31.2 Å². The number of methoxy groups -OCH3 is 1. The van der Waals surface area contributed by atoms with E-state index in [2.05, 4.69) is 20.6 Å². The highest BCUT2D eigenvalue weighted by Gasteiger charge is 2.34. The van der Waals surface area contributed by atoms with Crippen LogP contribution in [0.3, 0.4) is 0 Å². The maximum absolute atomic E-state index is 13.4. The molecule has 1 aromatic heterocycles. The monoisotopic (exact) mass is 428 g/mol. The highest BCUT2D eigenvalue weighted by molar-refractivity contribution is 5.68. The lowest BCUT2D eigenvalue weighted by Gasteiger charge is -2.16. The fourth-order valence-corrected chi connectivity index (χ4v) is 3.74. The number of hydrogen-bond acceptors (Lipinski definition) is 5. The molecule has 5 nitrogen and oxygen atoms in total. The van der Waals surface area contributed by atoms with Crippen LogP contribution < -0.4 is 15.4 Å². The zero-order valence-corrected chi connectivity index (χ0v) is 17.0. The Balaban J connectivity index is 1.68. The van der Waals surface area contributed by atoms with E-state index in [0.29, 0.717) is 23.5 Å². The van der Waals surface area contributed by atoms with Gasteiger partial charge in [-0.1, -0.05) is 43.2 Å². The van der Waals surface area contributed by atoms with Crippen LogP contribution in [0, 0.1) is 0 Å². The minimum atomic E-state index is -4.53. The Kier molecular flexibility index (Phi) is 5.97. The van der Waals surface area contributed by atoms with Crippen LogP contribution in [-0.2, 0) is 6.18 Å². The van der Waals surface area contributed by atoms with E-state index >= 15 is 0 Å². The summed E-state index contributed by atoms with van der Waals surface area (Å²) in [4.78, 5) is 9.14. The quantitative estimate of drug-likeness (QED) is 0.485. The summed E-state index contributed by atoms with van der Waals surface area (Å²) in [6.07, 6.45) is -0.107. The molecule has 1 saturated carbocycles. The number of hydrogen-bond donors (Lipinski definition) is 2. The highest BCUT2D eigenvalue weighted by atomic mass is 19.4. The number of aromatic nitrogens is 2. The van der Waals surface area contributed by atoms with Gasteiger partial charge in [0.15, 0.2) is 0 Å². The van der Waals surface area contributed by atoms with Gasteiger partial charge in [0.05, 0.1) is 18.4 Å². The van der Waals surface area contributed by atoms with E-state index in [0.717, 1.165) is 37.3 Å². The molecule has 1 heterocycles. The molecule has 3 aromatic rings. The molecule has 1 aliphatic carbocycles. The van der Waals surface area contributed by atoms with Gasteiger partial charge in [-0.2, -0.15) is 18.2 Å². The second-order valence-electron chi connectivity index (χ2n) is 7.49. The minimum absolute atomic E-state index is 0.227. The van der Waals surface area contributed by atoms with Gasteiger partial charge in [0.25, 0.3) is 0 Å². The maximum atomic E-state index is 13.4. The first-order valence-corrected chi connectivity index (χ1v) is 10.2. The fraction of sp³-hybridized carbons (Fsp3) is 0.304. The predicted octanol–water partition coefficient (Wildman–Crippen LogP) is 6.27. The van der Waals surface area contributed by atoms with Crippen molar-refractivity contribution in [3.05, 3.63) is 60.2 Å². The molecule has 0 unspecified atom stereocenters. The molecular weight excluding hydrogens is 405 g/mol. The molecule has 0 spiro atoms. The number of ether oxygens (including phenoxy) is 1. The lowest BCUT2D eigenvalue weighted by molar-refractivity contribution is -0.138. The molecule has 1 aliphatic rings. The summed E-state index contributed by atoms with van der Waals surface area (Å²) in [5.41, 5.74) is 0.996. The summed E-state index contributed by atoms with van der Waals surface area (Å²) in [6.45, 7) is 0. The van der Waals surface area contributed by atoms with Crippen LogP contribution in [0.2, 0.25) is 0 Å². The lowest BCUT2D eigenvalue weighted by atomic mass is 10.1. The zero-order chi connectivity index (χ0) is 21.8. The number of rotatable bonds is 6. The largest absolute Gasteiger partial charge is 0.496 e. The first-order chi connectivity index (χ1) is 14.9. The molecule has 31 heavy (non-hydrogen) atoms. The standard InChI is InChI=1S/C23H23F3N4O/c1-31-20-12-11-17(13-18(20)23(24,25)26)27-21-14-19(15-7-3-2-4-8-15)29-22(30-21)28-16-9-5-6-10-16/h2-4,7-8,11-14,16H,5-6,9-10H2,1H3,(H2,27,28,29,30). The number of anilines is 3. The molecule has 162 valence electrons. The van der Waals surface area contributed by atoms with Crippen molar-refractivity contribution in [2.75, 3.05) is 17.7 Å². The Hall–Kier alpha value is -3.29. The van der Waals surface area contributed by atoms with Crippen LogP contribution in [-0.4, -0.2) is 23.1 Å². The SMILES string of the molecule is COc1ccc(Nc2cc(-c3ccccc3)nc(NC3CCCC3)n2)cc1C(F)(F)F. The first-order valence-electron chi connectivity index (χ1n) is 10.2. The normalized spacial score (nSPS) is 14.5. The molecule has 1 fully saturated rings. The average molecular weight is 428 g/mol. The van der Waals surface area contributed by atoms with Crippen molar-refractivity contribution in [2.45, 2.75) is 37.9 Å². The zero-order valence-electron chi connectivity index (χ0n) is 17.0. The van der Waals surface area contributed by atoms with E-state index in [1.54, 1.807) is 6.07 Å². The van der Waals surface area contributed by atoms with Gasteiger partial charge in [-0.3, -0.25) is 0 Å². The summed E-state index contributed by atoms with van der Waals surface area (Å²) in [6, 6.07) is 15.5. The van der Waals surface area contributed by atoms with Crippen molar-refractivity contribution in [2.24, 2.45) is 0 Å². The number of nitrogens with zero attached hydrogens (tertiary/aromatic N) is 2. The van der Waals surface area contributed by atoms with Crippen molar-refractivity contribution < 1.29 is 17.9 Å². The van der Waals surface area contributed by atoms with E-state index in [1.807, 2.05) is 30.3 Å². The summed E-state index contributed by atoms with van der Waals surface area (Å²) in [5.74, 6) is 0.641. The van der Waals surface area contributed by atoms with Gasteiger partial charge in [0.1, 0.15) is 11.6 Å². The van der Waals surface area contributed by atoms with Gasteiger partial charge in [0.2, 0.25) is 5.95 Å². The highest BCUT2D eigenvalue weighted by Crippen LogP contribution is 2.38. The van der Waals surface area contributed by atoms with Crippen LogP contribution >= 0.6 is 0 Å². The minimum Gasteiger partial charge on any atom is -0.496 e. The Bertz CT molecular complexity index is 1030. The van der Waals surface area contributed by atoms with E-state index in [-0.39, 0.29) is 11.4 Å². The van der Waals surface area contributed by atoms with Crippen molar-refractivity contribution in [3.8, 4) is 17.0 Å². The van der Waals surface area contributed by atoms with Crippen molar-refractivity contribution in [1.82, 2.24) is 9.97 Å². The Morgan fingerprint density at radius 2 is 1.71 bits per heavy atom. The van der Waals surface area contributed by atoms with Crippen LogP contribution in [0.4, 0.5) is 30.6 Å². The molecular formula is C23H23F3N4O. The molecule has 0 aliphatic heterocycles.